The van der Waals surface area contributed by atoms with Crippen LogP contribution in [0.15, 0.2) is 36.4 Å². The van der Waals surface area contributed by atoms with Crippen LogP contribution in [0.2, 0.25) is 0 Å². The van der Waals surface area contributed by atoms with E-state index in [1.807, 2.05) is 0 Å². The number of carbonyl (C=O) groups is 4. The Morgan fingerprint density at radius 2 is 1.10 bits per heavy atom. The normalized spacial score (nSPS) is 12.1. The van der Waals surface area contributed by atoms with E-state index in [0.717, 1.165) is 0 Å². The second-order valence-electron chi connectivity index (χ2n) is 6.96. The molecule has 0 amide bonds. The first kappa shape index (κ1) is 21.0. The van der Waals surface area contributed by atoms with Crippen LogP contribution >= 0.6 is 0 Å². The fraction of sp³-hybridized carbons (Fsp3) is 0.273. The lowest BCUT2D eigenvalue weighted by molar-refractivity contribution is -0.138. The molecule has 30 heavy (non-hydrogen) atoms. The van der Waals surface area contributed by atoms with E-state index in [9.17, 15) is 19.2 Å². The lowest BCUT2D eigenvalue weighted by Crippen LogP contribution is -2.24. The van der Waals surface area contributed by atoms with Gasteiger partial charge in [0.1, 0.15) is 0 Å². The van der Waals surface area contributed by atoms with Gasteiger partial charge in [-0.1, -0.05) is 24.3 Å². The maximum absolute atomic E-state index is 13.2. The summed E-state index contributed by atoms with van der Waals surface area (Å²) in [6, 6.07) is 9.97. The molecule has 2 aromatic rings. The van der Waals surface area contributed by atoms with Crippen LogP contribution < -0.4 is 10.6 Å². The second-order valence-corrected chi connectivity index (χ2v) is 6.96. The summed E-state index contributed by atoms with van der Waals surface area (Å²) in [5, 5.41) is 23.7. The summed E-state index contributed by atoms with van der Waals surface area (Å²) in [6.07, 6.45) is 0.734. The highest BCUT2D eigenvalue weighted by atomic mass is 16.4. The van der Waals surface area contributed by atoms with Gasteiger partial charge in [-0.2, -0.15) is 0 Å². The summed E-state index contributed by atoms with van der Waals surface area (Å²) in [5.74, 6) is -2.37. The Morgan fingerprint density at radius 3 is 1.47 bits per heavy atom. The summed E-state index contributed by atoms with van der Waals surface area (Å²) < 4.78 is 0. The maximum atomic E-state index is 13.2. The molecule has 2 aromatic carbocycles. The summed E-state index contributed by atoms with van der Waals surface area (Å²) in [5.41, 5.74) is 2.09. The van der Waals surface area contributed by atoms with Crippen molar-refractivity contribution in [2.24, 2.45) is 0 Å². The molecule has 0 aromatic heterocycles. The largest absolute Gasteiger partial charge is 0.481 e. The summed E-state index contributed by atoms with van der Waals surface area (Å²) in [6.45, 7) is 0.681. The van der Waals surface area contributed by atoms with Crippen LogP contribution in [-0.2, 0) is 9.59 Å². The highest BCUT2D eigenvalue weighted by molar-refractivity contribution is 6.31. The third kappa shape index (κ3) is 4.48. The number of carboxylic acid groups (broad SMARTS) is 2. The van der Waals surface area contributed by atoms with E-state index < -0.39 is 11.9 Å². The number of anilines is 2. The van der Waals surface area contributed by atoms with Gasteiger partial charge >= 0.3 is 11.9 Å². The Balaban J connectivity index is 1.93. The molecule has 0 radical (unpaired) electrons. The van der Waals surface area contributed by atoms with E-state index in [2.05, 4.69) is 10.6 Å². The molecule has 0 aliphatic heterocycles. The summed E-state index contributed by atoms with van der Waals surface area (Å²) >= 11 is 0. The zero-order valence-corrected chi connectivity index (χ0v) is 16.2. The summed E-state index contributed by atoms with van der Waals surface area (Å²) in [4.78, 5) is 47.8. The fourth-order valence-electron chi connectivity index (χ4n) is 3.44. The highest BCUT2D eigenvalue weighted by Gasteiger charge is 2.33. The van der Waals surface area contributed by atoms with Crippen LogP contribution in [0.25, 0.3) is 0 Å². The molecule has 0 saturated carbocycles. The van der Waals surface area contributed by atoms with Crippen LogP contribution in [0.5, 0.6) is 0 Å². The Morgan fingerprint density at radius 1 is 0.700 bits per heavy atom. The molecule has 1 aliphatic rings. The first-order chi connectivity index (χ1) is 14.4. The van der Waals surface area contributed by atoms with Gasteiger partial charge < -0.3 is 20.8 Å². The number of nitrogens with one attached hydrogen (secondary N) is 2. The van der Waals surface area contributed by atoms with Gasteiger partial charge in [-0.25, -0.2) is 0 Å². The Kier molecular flexibility index (Phi) is 6.46. The van der Waals surface area contributed by atoms with Gasteiger partial charge in [0.05, 0.1) is 11.1 Å². The minimum Gasteiger partial charge on any atom is -0.481 e. The fourth-order valence-corrected chi connectivity index (χ4v) is 3.44. The molecule has 156 valence electrons. The molecule has 4 N–H and O–H groups in total. The molecule has 3 rings (SSSR count). The van der Waals surface area contributed by atoms with E-state index in [1.165, 1.54) is 0 Å². The molecule has 0 saturated heterocycles. The number of benzene rings is 2. The van der Waals surface area contributed by atoms with Crippen LogP contribution in [0, 0.1) is 0 Å². The van der Waals surface area contributed by atoms with Gasteiger partial charge in [-0.3, -0.25) is 19.2 Å². The smallest absolute Gasteiger partial charge is 0.303 e. The van der Waals surface area contributed by atoms with Gasteiger partial charge in [-0.15, -0.1) is 0 Å². The maximum Gasteiger partial charge on any atom is 0.303 e. The molecule has 0 fully saturated rings. The van der Waals surface area contributed by atoms with Gasteiger partial charge in [0.2, 0.25) is 0 Å². The molecule has 0 bridgehead atoms. The number of carbonyl (C=O) groups excluding carboxylic acids is 2. The number of hydrogen-bond donors (Lipinski definition) is 4. The quantitative estimate of drug-likeness (QED) is 0.375. The van der Waals surface area contributed by atoms with Crippen molar-refractivity contribution in [3.8, 4) is 0 Å². The van der Waals surface area contributed by atoms with Crippen LogP contribution in [0.3, 0.4) is 0 Å². The summed E-state index contributed by atoms with van der Waals surface area (Å²) in [7, 11) is 0. The third-order valence-corrected chi connectivity index (χ3v) is 4.84. The second kappa shape index (κ2) is 9.21. The lowest BCUT2D eigenvalue weighted by atomic mass is 9.82. The molecule has 0 spiro atoms. The Bertz CT molecular complexity index is 935. The van der Waals surface area contributed by atoms with Gasteiger partial charge in [0.15, 0.2) is 11.6 Å². The monoisotopic (exact) mass is 410 g/mol. The lowest BCUT2D eigenvalue weighted by Gasteiger charge is -2.24. The Hall–Kier alpha value is -3.68. The first-order valence-electron chi connectivity index (χ1n) is 9.67. The van der Waals surface area contributed by atoms with E-state index >= 15 is 0 Å². The van der Waals surface area contributed by atoms with Crippen LogP contribution in [-0.4, -0.2) is 46.8 Å². The van der Waals surface area contributed by atoms with Crippen molar-refractivity contribution in [1.29, 1.82) is 0 Å². The Labute approximate surface area is 172 Å². The number of ketones is 2. The topological polar surface area (TPSA) is 133 Å². The van der Waals surface area contributed by atoms with Gasteiger partial charge in [0, 0.05) is 48.4 Å². The van der Waals surface area contributed by atoms with Crippen molar-refractivity contribution in [3.05, 3.63) is 58.7 Å². The van der Waals surface area contributed by atoms with Gasteiger partial charge in [-0.05, 0) is 25.0 Å². The number of aliphatic carboxylic acids is 2. The van der Waals surface area contributed by atoms with Crippen molar-refractivity contribution in [2.45, 2.75) is 25.7 Å². The first-order valence-corrected chi connectivity index (χ1v) is 9.67. The molecule has 1 aliphatic carbocycles. The van der Waals surface area contributed by atoms with Crippen molar-refractivity contribution in [1.82, 2.24) is 0 Å². The van der Waals surface area contributed by atoms with Crippen molar-refractivity contribution < 1.29 is 29.4 Å². The third-order valence-electron chi connectivity index (χ3n) is 4.84. The zero-order chi connectivity index (χ0) is 21.7. The standard InChI is InChI=1S/C22H22N2O6/c25-17(26)7-3-11-23-15-9-10-16(24-12-4-8-18(27)28)20-19(15)21(29)13-5-1-2-6-14(13)22(20)30/h1-2,5-6,9-10,23-24H,3-4,7-8,11-12H2,(H,25,26)(H,27,28). The minimum atomic E-state index is -0.903. The van der Waals surface area contributed by atoms with E-state index in [0.29, 0.717) is 48.4 Å². The zero-order valence-electron chi connectivity index (χ0n) is 16.2. The average Bonchev–Trinajstić information content (AvgIpc) is 2.72. The molecule has 0 atom stereocenters. The predicted molar refractivity (Wildman–Crippen MR) is 110 cm³/mol. The minimum absolute atomic E-state index is 0.00584. The molecule has 0 heterocycles. The van der Waals surface area contributed by atoms with Crippen LogP contribution in [0.1, 0.15) is 57.5 Å². The van der Waals surface area contributed by atoms with Crippen molar-refractivity contribution >= 4 is 34.9 Å². The SMILES string of the molecule is O=C(O)CCCNc1ccc(NCCCC(=O)O)c2c1C(=O)c1ccccc1C2=O. The van der Waals surface area contributed by atoms with Crippen LogP contribution in [0.4, 0.5) is 11.4 Å². The molecular weight excluding hydrogens is 388 g/mol. The number of rotatable bonds is 10. The van der Waals surface area contributed by atoms with E-state index in [1.54, 1.807) is 36.4 Å². The number of hydrogen-bond acceptors (Lipinski definition) is 6. The van der Waals surface area contributed by atoms with E-state index in [4.69, 9.17) is 10.2 Å². The highest BCUT2D eigenvalue weighted by Crippen LogP contribution is 2.36. The average molecular weight is 410 g/mol. The molecule has 8 nitrogen and oxygen atoms in total. The van der Waals surface area contributed by atoms with Gasteiger partial charge in [0.25, 0.3) is 0 Å². The number of carboxylic acids is 2. The molecule has 0 unspecified atom stereocenters. The van der Waals surface area contributed by atoms with E-state index in [-0.39, 0.29) is 35.5 Å². The van der Waals surface area contributed by atoms with Crippen molar-refractivity contribution in [3.63, 3.8) is 0 Å². The number of fused-ring (bicyclic) bond motifs is 2. The molecular formula is C22H22N2O6. The predicted octanol–water partition coefficient (Wildman–Crippen LogP) is 3.02. The van der Waals surface area contributed by atoms with Crippen molar-refractivity contribution in [2.75, 3.05) is 23.7 Å². The molecule has 8 heteroatoms.